The van der Waals surface area contributed by atoms with Gasteiger partial charge in [-0.05, 0) is 12.2 Å². The van der Waals surface area contributed by atoms with E-state index in [9.17, 15) is 0 Å². The summed E-state index contributed by atoms with van der Waals surface area (Å²) in [6.07, 6.45) is 12.7. The van der Waals surface area contributed by atoms with Gasteiger partial charge in [0, 0.05) is 31.9 Å². The highest BCUT2D eigenvalue weighted by Crippen LogP contribution is 2.10. The van der Waals surface area contributed by atoms with Gasteiger partial charge in [-0.25, -0.2) is 0 Å². The van der Waals surface area contributed by atoms with Gasteiger partial charge in [0.05, 0.1) is 0 Å². The van der Waals surface area contributed by atoms with Gasteiger partial charge in [0.2, 0.25) is 0 Å². The first kappa shape index (κ1) is 16.4. The van der Waals surface area contributed by atoms with Crippen molar-refractivity contribution in [2.75, 3.05) is 24.7 Å². The zero-order chi connectivity index (χ0) is 13.9. The second-order valence-corrected chi connectivity index (χ2v) is 6.34. The maximum absolute atomic E-state index is 2.27. The smallest absolute Gasteiger partial charge is 0.194 e. The van der Waals surface area contributed by atoms with Gasteiger partial charge in [-0.3, -0.25) is 0 Å². The molecule has 1 aromatic heterocycles. The Hall–Kier alpha value is -0.700. The minimum atomic E-state index is 1.07. The molecule has 1 rings (SSSR count). The van der Waals surface area contributed by atoms with E-state index in [1.807, 2.05) is 11.8 Å². The van der Waals surface area contributed by atoms with Crippen molar-refractivity contribution in [3.05, 3.63) is 24.5 Å². The molecule has 0 N–H and O–H groups in total. The van der Waals surface area contributed by atoms with Crippen LogP contribution >= 0.6 is 11.8 Å². The lowest BCUT2D eigenvalue weighted by Gasteiger charge is -2.10. The monoisotopic (exact) mass is 281 g/mol. The van der Waals surface area contributed by atoms with Gasteiger partial charge < -0.3 is 4.90 Å². The molecule has 0 saturated carbocycles. The van der Waals surface area contributed by atoms with Crippen molar-refractivity contribution in [1.29, 1.82) is 0 Å². The summed E-state index contributed by atoms with van der Waals surface area (Å²) in [6, 6.07) is 4.34. The number of unbranched alkanes of at least 4 members (excludes halogenated alkanes) is 5. The van der Waals surface area contributed by atoms with Crippen LogP contribution in [0.1, 0.15) is 45.4 Å². The third-order valence-corrected chi connectivity index (χ3v) is 4.33. The summed E-state index contributed by atoms with van der Waals surface area (Å²) >= 11 is 2.03. The third kappa shape index (κ3) is 7.46. The number of hydrogen-bond donors (Lipinski definition) is 0. The zero-order valence-electron chi connectivity index (χ0n) is 12.8. The largest absolute Gasteiger partial charge is 0.377 e. The van der Waals surface area contributed by atoms with E-state index in [1.54, 1.807) is 0 Å². The van der Waals surface area contributed by atoms with Gasteiger partial charge in [-0.2, -0.15) is 4.57 Å². The average molecular weight is 281 g/mol. The van der Waals surface area contributed by atoms with Crippen LogP contribution in [0.5, 0.6) is 0 Å². The summed E-state index contributed by atoms with van der Waals surface area (Å²) in [5.41, 5.74) is 1.26. The molecule has 0 unspecified atom stereocenters. The van der Waals surface area contributed by atoms with Crippen molar-refractivity contribution in [1.82, 2.24) is 0 Å². The van der Waals surface area contributed by atoms with Gasteiger partial charge in [0.1, 0.15) is 0 Å². The Bertz CT molecular complexity index is 322. The lowest BCUT2D eigenvalue weighted by Crippen LogP contribution is -2.31. The van der Waals surface area contributed by atoms with E-state index < -0.39 is 0 Å². The van der Waals surface area contributed by atoms with E-state index in [2.05, 4.69) is 55.0 Å². The summed E-state index contributed by atoms with van der Waals surface area (Å²) in [5, 5.41) is 0. The third-order valence-electron chi connectivity index (χ3n) is 3.27. The maximum Gasteiger partial charge on any atom is 0.194 e. The van der Waals surface area contributed by atoms with Crippen molar-refractivity contribution in [3.8, 4) is 0 Å². The van der Waals surface area contributed by atoms with Crippen molar-refractivity contribution in [2.45, 2.75) is 51.3 Å². The summed E-state index contributed by atoms with van der Waals surface area (Å²) in [4.78, 5) is 2.13. The highest BCUT2D eigenvalue weighted by Gasteiger charge is 2.02. The van der Waals surface area contributed by atoms with E-state index in [1.165, 1.54) is 50.0 Å². The first-order valence-electron chi connectivity index (χ1n) is 7.48. The van der Waals surface area contributed by atoms with Crippen LogP contribution in [0.4, 0.5) is 5.69 Å². The molecule has 0 bridgehead atoms. The fraction of sp³-hybridized carbons (Fsp3) is 0.688. The molecule has 19 heavy (non-hydrogen) atoms. The Morgan fingerprint density at radius 1 is 1.00 bits per heavy atom. The summed E-state index contributed by atoms with van der Waals surface area (Å²) in [7, 11) is 4.15. The van der Waals surface area contributed by atoms with Crippen LogP contribution in [-0.4, -0.2) is 19.8 Å². The Balaban J connectivity index is 2.06. The molecule has 1 heterocycles. The van der Waals surface area contributed by atoms with Crippen LogP contribution in [0, 0.1) is 0 Å². The van der Waals surface area contributed by atoms with Gasteiger partial charge in [0.15, 0.2) is 18.3 Å². The molecule has 3 heteroatoms. The van der Waals surface area contributed by atoms with Crippen LogP contribution in [-0.2, 0) is 5.88 Å². The van der Waals surface area contributed by atoms with Crippen molar-refractivity contribution < 1.29 is 4.57 Å². The number of aromatic nitrogens is 1. The van der Waals surface area contributed by atoms with E-state index in [0.717, 1.165) is 5.88 Å². The number of rotatable bonds is 10. The van der Waals surface area contributed by atoms with Gasteiger partial charge >= 0.3 is 0 Å². The summed E-state index contributed by atoms with van der Waals surface area (Å²) < 4.78 is 2.26. The lowest BCUT2D eigenvalue weighted by molar-refractivity contribution is -0.675. The molecule has 0 aromatic carbocycles. The molecule has 0 atom stereocenters. The quantitative estimate of drug-likeness (QED) is 0.471. The fourth-order valence-corrected chi connectivity index (χ4v) is 2.91. The minimum absolute atomic E-state index is 1.07. The highest BCUT2D eigenvalue weighted by atomic mass is 32.2. The Labute approximate surface area is 123 Å². The topological polar surface area (TPSA) is 7.12 Å². The first-order valence-corrected chi connectivity index (χ1v) is 8.63. The maximum atomic E-state index is 2.27. The molecule has 2 nitrogen and oxygen atoms in total. The Morgan fingerprint density at radius 2 is 1.63 bits per heavy atom. The normalized spacial score (nSPS) is 10.7. The van der Waals surface area contributed by atoms with Crippen LogP contribution < -0.4 is 9.47 Å². The molecule has 1 aromatic rings. The first-order chi connectivity index (χ1) is 9.24. The van der Waals surface area contributed by atoms with Gasteiger partial charge in [-0.1, -0.05) is 50.8 Å². The second-order valence-electron chi connectivity index (χ2n) is 5.27. The van der Waals surface area contributed by atoms with E-state index in [-0.39, 0.29) is 0 Å². The standard InChI is InChI=1S/C16H29N2S/c1-4-5-6-7-8-9-14-19-15-18-12-10-16(11-13-18)17(2)3/h10-13H,4-9,14-15H2,1-3H3/q+1. The highest BCUT2D eigenvalue weighted by molar-refractivity contribution is 7.98. The SMILES string of the molecule is CCCCCCCCSC[n+]1ccc(N(C)C)cc1. The summed E-state index contributed by atoms with van der Waals surface area (Å²) in [5.74, 6) is 2.36. The molecular weight excluding hydrogens is 252 g/mol. The molecular formula is C16H29N2S+. The lowest BCUT2D eigenvalue weighted by atomic mass is 10.1. The zero-order valence-corrected chi connectivity index (χ0v) is 13.6. The van der Waals surface area contributed by atoms with Gasteiger partial charge in [-0.15, -0.1) is 0 Å². The molecule has 0 aliphatic heterocycles. The number of thioether (sulfide) groups is 1. The van der Waals surface area contributed by atoms with Crippen LogP contribution in [0.15, 0.2) is 24.5 Å². The predicted octanol–water partition coefficient (Wildman–Crippen LogP) is 4.09. The van der Waals surface area contributed by atoms with Crippen molar-refractivity contribution >= 4 is 17.4 Å². The summed E-state index contributed by atoms with van der Waals surface area (Å²) in [6.45, 7) is 2.27. The van der Waals surface area contributed by atoms with E-state index in [0.29, 0.717) is 0 Å². The Kier molecular flexibility index (Phi) is 8.72. The minimum Gasteiger partial charge on any atom is -0.377 e. The van der Waals surface area contributed by atoms with Gasteiger partial charge in [0.25, 0.3) is 0 Å². The molecule has 108 valence electrons. The number of hydrogen-bond acceptors (Lipinski definition) is 2. The van der Waals surface area contributed by atoms with E-state index in [4.69, 9.17) is 0 Å². The van der Waals surface area contributed by atoms with Crippen molar-refractivity contribution in [2.24, 2.45) is 0 Å². The van der Waals surface area contributed by atoms with Crippen molar-refractivity contribution in [3.63, 3.8) is 0 Å². The average Bonchev–Trinajstić information content (AvgIpc) is 2.42. The molecule has 0 radical (unpaired) electrons. The molecule has 0 aliphatic rings. The van der Waals surface area contributed by atoms with Crippen LogP contribution in [0.2, 0.25) is 0 Å². The van der Waals surface area contributed by atoms with Crippen LogP contribution in [0.3, 0.4) is 0 Å². The number of anilines is 1. The number of pyridine rings is 1. The van der Waals surface area contributed by atoms with Crippen LogP contribution in [0.25, 0.3) is 0 Å². The molecule has 0 amide bonds. The molecule has 0 spiro atoms. The molecule has 0 saturated heterocycles. The molecule has 0 fully saturated rings. The fourth-order valence-electron chi connectivity index (χ4n) is 1.99. The predicted molar refractivity (Wildman–Crippen MR) is 86.8 cm³/mol. The molecule has 0 aliphatic carbocycles. The van der Waals surface area contributed by atoms with E-state index >= 15 is 0 Å². The number of nitrogens with zero attached hydrogens (tertiary/aromatic N) is 2. The second kappa shape index (κ2) is 10.1. The Morgan fingerprint density at radius 3 is 2.26 bits per heavy atom.